The fraction of sp³-hybridized carbons (Fsp3) is 0.619. The number of unbranched alkanes of at least 4 members (excludes halogenated alkanes) is 1. The third-order valence-corrected chi connectivity index (χ3v) is 5.37. The maximum atomic E-state index is 12.5. The van der Waals surface area contributed by atoms with Gasteiger partial charge in [0, 0.05) is 31.7 Å². The van der Waals surface area contributed by atoms with Gasteiger partial charge in [0.2, 0.25) is 0 Å². The molecular formula is C21H34N4OS. The first-order valence-electron chi connectivity index (χ1n) is 10.1. The summed E-state index contributed by atoms with van der Waals surface area (Å²) in [5, 5.41) is 6.68. The van der Waals surface area contributed by atoms with E-state index < -0.39 is 0 Å². The predicted octanol–water partition coefficient (Wildman–Crippen LogP) is 3.51. The second-order valence-electron chi connectivity index (χ2n) is 6.87. The summed E-state index contributed by atoms with van der Waals surface area (Å²) in [6.07, 6.45) is 8.00. The van der Waals surface area contributed by atoms with Gasteiger partial charge in [0.25, 0.3) is 5.91 Å². The maximum absolute atomic E-state index is 12.5. The Balaban J connectivity index is 1.85. The number of benzene rings is 1. The van der Waals surface area contributed by atoms with Crippen LogP contribution in [0.4, 0.5) is 0 Å². The highest BCUT2D eigenvalue weighted by atomic mass is 32.2. The van der Waals surface area contributed by atoms with E-state index in [1.807, 2.05) is 40.9 Å². The summed E-state index contributed by atoms with van der Waals surface area (Å²) in [5.41, 5.74) is 1.90. The lowest BCUT2D eigenvalue weighted by atomic mass is 10.1. The average molecular weight is 391 g/mol. The van der Waals surface area contributed by atoms with Crippen LogP contribution in [0.25, 0.3) is 0 Å². The molecule has 1 heterocycles. The third kappa shape index (κ3) is 7.83. The molecule has 0 aromatic heterocycles. The molecule has 1 aromatic rings. The van der Waals surface area contributed by atoms with Crippen LogP contribution >= 0.6 is 11.8 Å². The molecule has 0 bridgehead atoms. The van der Waals surface area contributed by atoms with Crippen LogP contribution in [-0.2, 0) is 6.54 Å². The molecule has 6 heteroatoms. The molecule has 1 aliphatic heterocycles. The molecule has 0 radical (unpaired) electrons. The van der Waals surface area contributed by atoms with Gasteiger partial charge in [-0.3, -0.25) is 4.79 Å². The minimum Gasteiger partial charge on any atom is -0.357 e. The lowest BCUT2D eigenvalue weighted by molar-refractivity contribution is 0.0724. The Morgan fingerprint density at radius 2 is 1.85 bits per heavy atom. The highest BCUT2D eigenvalue weighted by molar-refractivity contribution is 7.98. The van der Waals surface area contributed by atoms with Crippen molar-refractivity contribution in [2.75, 3.05) is 38.2 Å². The number of carbonyl (C=O) groups is 1. The zero-order valence-electron chi connectivity index (χ0n) is 16.8. The summed E-state index contributed by atoms with van der Waals surface area (Å²) in [7, 11) is 0. The van der Waals surface area contributed by atoms with Gasteiger partial charge in [0.05, 0.1) is 6.54 Å². The average Bonchev–Trinajstić information content (AvgIpc) is 2.72. The molecule has 2 rings (SSSR count). The summed E-state index contributed by atoms with van der Waals surface area (Å²) in [6.45, 7) is 6.25. The Morgan fingerprint density at radius 3 is 2.52 bits per heavy atom. The topological polar surface area (TPSA) is 56.7 Å². The molecule has 0 spiro atoms. The molecule has 5 nitrogen and oxygen atoms in total. The molecule has 1 fully saturated rings. The number of hydrogen-bond acceptors (Lipinski definition) is 3. The fourth-order valence-electron chi connectivity index (χ4n) is 3.12. The molecule has 0 atom stereocenters. The van der Waals surface area contributed by atoms with Crippen molar-refractivity contribution in [1.29, 1.82) is 0 Å². The SMILES string of the molecule is CCNC(=NCc1ccc(C(=O)N2CCCCC2)cc1)NCCCCSC. The number of nitrogens with one attached hydrogen (secondary N) is 2. The summed E-state index contributed by atoms with van der Waals surface area (Å²) in [5.74, 6) is 2.22. The molecule has 0 saturated carbocycles. The van der Waals surface area contributed by atoms with Crippen molar-refractivity contribution in [3.63, 3.8) is 0 Å². The Kier molecular flexibility index (Phi) is 10.1. The molecule has 1 aliphatic rings. The molecular weight excluding hydrogens is 356 g/mol. The van der Waals surface area contributed by atoms with Crippen molar-refractivity contribution >= 4 is 23.6 Å². The van der Waals surface area contributed by atoms with Crippen molar-refractivity contribution in [3.05, 3.63) is 35.4 Å². The van der Waals surface area contributed by atoms with E-state index in [1.165, 1.54) is 18.6 Å². The number of piperidine rings is 1. The van der Waals surface area contributed by atoms with E-state index in [0.717, 1.165) is 62.5 Å². The van der Waals surface area contributed by atoms with Gasteiger partial charge >= 0.3 is 0 Å². The second-order valence-corrected chi connectivity index (χ2v) is 7.86. The van der Waals surface area contributed by atoms with Crippen molar-refractivity contribution in [2.24, 2.45) is 4.99 Å². The molecule has 1 aromatic carbocycles. The number of hydrogen-bond donors (Lipinski definition) is 2. The van der Waals surface area contributed by atoms with Crippen LogP contribution in [0.15, 0.2) is 29.3 Å². The van der Waals surface area contributed by atoms with Gasteiger partial charge in [-0.2, -0.15) is 11.8 Å². The Morgan fingerprint density at radius 1 is 1.11 bits per heavy atom. The minimum atomic E-state index is 0.157. The van der Waals surface area contributed by atoms with Gasteiger partial charge in [-0.15, -0.1) is 0 Å². The largest absolute Gasteiger partial charge is 0.357 e. The lowest BCUT2D eigenvalue weighted by Crippen LogP contribution is -2.37. The van der Waals surface area contributed by atoms with Gasteiger partial charge in [0.1, 0.15) is 0 Å². The molecule has 1 saturated heterocycles. The Hall–Kier alpha value is -1.69. The first kappa shape index (κ1) is 21.6. The summed E-state index contributed by atoms with van der Waals surface area (Å²) >= 11 is 1.89. The predicted molar refractivity (Wildman–Crippen MR) is 117 cm³/mol. The van der Waals surface area contributed by atoms with Crippen LogP contribution in [0.2, 0.25) is 0 Å². The molecule has 150 valence electrons. The normalized spacial score (nSPS) is 14.9. The van der Waals surface area contributed by atoms with Crippen molar-refractivity contribution in [3.8, 4) is 0 Å². The number of thioether (sulfide) groups is 1. The zero-order valence-corrected chi connectivity index (χ0v) is 17.6. The van der Waals surface area contributed by atoms with Crippen molar-refractivity contribution in [1.82, 2.24) is 15.5 Å². The molecule has 2 N–H and O–H groups in total. The molecule has 27 heavy (non-hydrogen) atoms. The quantitative estimate of drug-likeness (QED) is 0.385. The van der Waals surface area contributed by atoms with Gasteiger partial charge in [-0.05, 0) is 68.7 Å². The highest BCUT2D eigenvalue weighted by Gasteiger charge is 2.17. The third-order valence-electron chi connectivity index (χ3n) is 4.68. The van der Waals surface area contributed by atoms with E-state index in [9.17, 15) is 4.79 Å². The van der Waals surface area contributed by atoms with E-state index >= 15 is 0 Å². The van der Waals surface area contributed by atoms with Crippen LogP contribution in [0.3, 0.4) is 0 Å². The highest BCUT2D eigenvalue weighted by Crippen LogP contribution is 2.14. The van der Waals surface area contributed by atoms with Crippen LogP contribution in [0.5, 0.6) is 0 Å². The number of aliphatic imine (C=N–C) groups is 1. The monoisotopic (exact) mass is 390 g/mol. The van der Waals surface area contributed by atoms with Gasteiger partial charge in [-0.25, -0.2) is 4.99 Å². The van der Waals surface area contributed by atoms with Crippen LogP contribution < -0.4 is 10.6 Å². The van der Waals surface area contributed by atoms with Crippen molar-refractivity contribution in [2.45, 2.75) is 45.6 Å². The maximum Gasteiger partial charge on any atom is 0.253 e. The molecule has 0 unspecified atom stereocenters. The number of nitrogens with zero attached hydrogens (tertiary/aromatic N) is 2. The van der Waals surface area contributed by atoms with E-state index in [1.54, 1.807) is 0 Å². The van der Waals surface area contributed by atoms with E-state index in [4.69, 9.17) is 0 Å². The van der Waals surface area contributed by atoms with Crippen LogP contribution in [-0.4, -0.2) is 55.0 Å². The van der Waals surface area contributed by atoms with E-state index in [-0.39, 0.29) is 5.91 Å². The number of amides is 1. The van der Waals surface area contributed by atoms with E-state index in [0.29, 0.717) is 6.54 Å². The van der Waals surface area contributed by atoms with Gasteiger partial charge in [0.15, 0.2) is 5.96 Å². The minimum absolute atomic E-state index is 0.157. The van der Waals surface area contributed by atoms with Crippen LogP contribution in [0, 0.1) is 0 Å². The molecule has 0 aliphatic carbocycles. The van der Waals surface area contributed by atoms with Gasteiger partial charge in [-0.1, -0.05) is 12.1 Å². The van der Waals surface area contributed by atoms with Crippen molar-refractivity contribution < 1.29 is 4.79 Å². The first-order chi connectivity index (χ1) is 13.2. The number of likely N-dealkylation sites (tertiary alicyclic amines) is 1. The Labute approximate surface area is 168 Å². The number of carbonyl (C=O) groups excluding carboxylic acids is 1. The van der Waals surface area contributed by atoms with Gasteiger partial charge < -0.3 is 15.5 Å². The standard InChI is InChI=1S/C21H34N4OS/c1-3-22-21(23-13-5-8-16-27-2)24-17-18-9-11-19(12-10-18)20(26)25-14-6-4-7-15-25/h9-12H,3-8,13-17H2,1-2H3,(H2,22,23,24). The first-order valence-corrected chi connectivity index (χ1v) is 11.5. The molecule has 1 amide bonds. The lowest BCUT2D eigenvalue weighted by Gasteiger charge is -2.26. The zero-order chi connectivity index (χ0) is 19.3. The Bertz CT molecular complexity index is 582. The number of rotatable bonds is 9. The van der Waals surface area contributed by atoms with E-state index in [2.05, 4.69) is 28.8 Å². The number of guanidine groups is 1. The summed E-state index contributed by atoms with van der Waals surface area (Å²) in [4.78, 5) is 19.2. The second kappa shape index (κ2) is 12.7. The fourth-order valence-corrected chi connectivity index (χ4v) is 3.62. The summed E-state index contributed by atoms with van der Waals surface area (Å²) in [6, 6.07) is 7.90. The van der Waals surface area contributed by atoms with Crippen LogP contribution in [0.1, 0.15) is 54.9 Å². The summed E-state index contributed by atoms with van der Waals surface area (Å²) < 4.78 is 0. The smallest absolute Gasteiger partial charge is 0.253 e.